The first-order valence-electron chi connectivity index (χ1n) is 7.29. The van der Waals surface area contributed by atoms with Gasteiger partial charge in [-0.2, -0.15) is 0 Å². The average molecular weight is 343 g/mol. The minimum absolute atomic E-state index is 0.101. The molecule has 0 aliphatic heterocycles. The number of carbonyl (C=O) groups excluding carboxylic acids is 2. The van der Waals surface area contributed by atoms with Gasteiger partial charge >= 0.3 is 6.09 Å². The predicted molar refractivity (Wildman–Crippen MR) is 88.5 cm³/mol. The Morgan fingerprint density at radius 1 is 1.22 bits per heavy atom. The van der Waals surface area contributed by atoms with Gasteiger partial charge in [-0.1, -0.05) is 18.5 Å². The number of amides is 2. The van der Waals surface area contributed by atoms with Crippen LogP contribution in [0, 0.1) is 0 Å². The van der Waals surface area contributed by atoms with Gasteiger partial charge in [-0.3, -0.25) is 4.79 Å². The fourth-order valence-electron chi connectivity index (χ4n) is 1.80. The number of ether oxygens (including phenoxy) is 2. The molecule has 3 N–H and O–H groups in total. The van der Waals surface area contributed by atoms with Crippen molar-refractivity contribution < 1.29 is 19.1 Å². The number of nitrogens with two attached hydrogens (primary N) is 1. The topological polar surface area (TPSA) is 90.7 Å². The summed E-state index contributed by atoms with van der Waals surface area (Å²) in [6.07, 6.45) is -0.364. The molecule has 0 aliphatic rings. The summed E-state index contributed by atoms with van der Waals surface area (Å²) in [7, 11) is 0. The zero-order valence-corrected chi connectivity index (χ0v) is 14.6. The van der Waals surface area contributed by atoms with Gasteiger partial charge in [0.2, 0.25) is 5.60 Å². The molecule has 0 aliphatic carbocycles. The third kappa shape index (κ3) is 5.98. The smallest absolute Gasteiger partial charge is 0.407 e. The Labute approximate surface area is 141 Å². The first kappa shape index (κ1) is 19.1. The molecule has 0 bridgehead atoms. The van der Waals surface area contributed by atoms with E-state index >= 15 is 0 Å². The van der Waals surface area contributed by atoms with E-state index in [4.69, 9.17) is 26.8 Å². The van der Waals surface area contributed by atoms with Crippen molar-refractivity contribution in [1.82, 2.24) is 5.32 Å². The van der Waals surface area contributed by atoms with E-state index in [1.807, 2.05) is 0 Å². The molecular weight excluding hydrogens is 320 g/mol. The summed E-state index contributed by atoms with van der Waals surface area (Å²) >= 11 is 5.82. The molecule has 128 valence electrons. The van der Waals surface area contributed by atoms with Crippen molar-refractivity contribution in [3.05, 3.63) is 29.3 Å². The largest absolute Gasteiger partial charge is 0.476 e. The highest BCUT2D eigenvalue weighted by Crippen LogP contribution is 2.23. The van der Waals surface area contributed by atoms with Crippen molar-refractivity contribution in [3.8, 4) is 5.75 Å². The molecule has 0 radical (unpaired) electrons. The van der Waals surface area contributed by atoms with Crippen LogP contribution >= 0.6 is 11.6 Å². The monoisotopic (exact) mass is 342 g/mol. The Balaban J connectivity index is 2.84. The molecular formula is C16H23ClN2O4. The summed E-state index contributed by atoms with van der Waals surface area (Å²) in [6.45, 7) is 6.89. The summed E-state index contributed by atoms with van der Waals surface area (Å²) in [5, 5.41) is 3.08. The predicted octanol–water partition coefficient (Wildman–Crippen LogP) is 2.88. The third-order valence-electron chi connectivity index (χ3n) is 3.06. The molecule has 0 aromatic heterocycles. The van der Waals surface area contributed by atoms with Gasteiger partial charge in [-0.15, -0.1) is 0 Å². The maximum absolute atomic E-state index is 11.9. The van der Waals surface area contributed by atoms with Gasteiger partial charge in [0.25, 0.3) is 5.91 Å². The number of hydrogen-bond acceptors (Lipinski definition) is 4. The molecule has 1 rings (SSSR count). The summed E-state index contributed by atoms with van der Waals surface area (Å²) in [4.78, 5) is 23.7. The van der Waals surface area contributed by atoms with Gasteiger partial charge < -0.3 is 20.5 Å². The lowest BCUT2D eigenvalue weighted by molar-refractivity contribution is -0.133. The van der Waals surface area contributed by atoms with Crippen molar-refractivity contribution in [2.24, 2.45) is 5.73 Å². The van der Waals surface area contributed by atoms with Crippen molar-refractivity contribution in [2.75, 3.05) is 6.54 Å². The van der Waals surface area contributed by atoms with E-state index in [0.29, 0.717) is 10.8 Å². The lowest BCUT2D eigenvalue weighted by Gasteiger charge is -2.31. The normalized spacial score (nSPS) is 13.8. The first-order chi connectivity index (χ1) is 10.6. The molecule has 23 heavy (non-hydrogen) atoms. The van der Waals surface area contributed by atoms with Crippen molar-refractivity contribution in [2.45, 2.75) is 45.3 Å². The van der Waals surface area contributed by atoms with Crippen LogP contribution in [-0.2, 0) is 9.53 Å². The molecule has 0 saturated heterocycles. The Morgan fingerprint density at radius 3 is 2.22 bits per heavy atom. The fraction of sp³-hybridized carbons (Fsp3) is 0.500. The average Bonchev–Trinajstić information content (AvgIpc) is 2.43. The first-order valence-corrected chi connectivity index (χ1v) is 7.67. The Morgan fingerprint density at radius 2 is 1.78 bits per heavy atom. The Kier molecular flexibility index (Phi) is 6.27. The van der Waals surface area contributed by atoms with Gasteiger partial charge in [-0.05, 0) is 51.5 Å². The van der Waals surface area contributed by atoms with Crippen LogP contribution in [-0.4, -0.2) is 29.7 Å². The standard InChI is InChI=1S/C16H23ClN2O4/c1-5-16(13(18)20,10-19-14(21)23-15(2,3)4)22-12-8-6-11(17)7-9-12/h6-9H,5,10H2,1-4H3,(H2,18,20)(H,19,21). The molecule has 1 unspecified atom stereocenters. The molecule has 0 spiro atoms. The molecule has 6 nitrogen and oxygen atoms in total. The van der Waals surface area contributed by atoms with E-state index in [1.165, 1.54) is 0 Å². The van der Waals surface area contributed by atoms with Crippen LogP contribution in [0.4, 0.5) is 4.79 Å². The van der Waals surface area contributed by atoms with Crippen molar-refractivity contribution >= 4 is 23.6 Å². The quantitative estimate of drug-likeness (QED) is 0.831. The summed E-state index contributed by atoms with van der Waals surface area (Å²) in [5.74, 6) is -0.243. The SMILES string of the molecule is CCC(CNC(=O)OC(C)(C)C)(Oc1ccc(Cl)cc1)C(N)=O. The number of nitrogens with one attached hydrogen (secondary N) is 1. The van der Waals surface area contributed by atoms with Crippen LogP contribution in [0.3, 0.4) is 0 Å². The molecule has 1 aromatic carbocycles. The van der Waals surface area contributed by atoms with Crippen LogP contribution in [0.15, 0.2) is 24.3 Å². The molecule has 2 amide bonds. The zero-order chi connectivity index (χ0) is 17.7. The van der Waals surface area contributed by atoms with E-state index in [9.17, 15) is 9.59 Å². The molecule has 0 saturated carbocycles. The fourth-order valence-corrected chi connectivity index (χ4v) is 1.93. The van der Waals surface area contributed by atoms with Crippen LogP contribution in [0.1, 0.15) is 34.1 Å². The zero-order valence-electron chi connectivity index (χ0n) is 13.8. The highest BCUT2D eigenvalue weighted by Gasteiger charge is 2.38. The highest BCUT2D eigenvalue weighted by molar-refractivity contribution is 6.30. The number of carbonyl (C=O) groups is 2. The molecule has 0 heterocycles. The van der Waals surface area contributed by atoms with Gasteiger partial charge in [0, 0.05) is 5.02 Å². The van der Waals surface area contributed by atoms with Crippen LogP contribution < -0.4 is 15.8 Å². The minimum Gasteiger partial charge on any atom is -0.476 e. The van der Waals surface area contributed by atoms with Crippen LogP contribution in [0.5, 0.6) is 5.75 Å². The van der Waals surface area contributed by atoms with Gasteiger partial charge in [0.05, 0.1) is 6.54 Å². The lowest BCUT2D eigenvalue weighted by atomic mass is 9.99. The van der Waals surface area contributed by atoms with E-state index in [-0.39, 0.29) is 13.0 Å². The Bertz CT molecular complexity index is 554. The second kappa shape index (κ2) is 7.55. The van der Waals surface area contributed by atoms with Crippen molar-refractivity contribution in [3.63, 3.8) is 0 Å². The highest BCUT2D eigenvalue weighted by atomic mass is 35.5. The molecule has 0 fully saturated rings. The molecule has 1 aromatic rings. The summed E-state index contributed by atoms with van der Waals surface area (Å²) in [6, 6.07) is 6.53. The Hall–Kier alpha value is -1.95. The summed E-state index contributed by atoms with van der Waals surface area (Å²) < 4.78 is 10.9. The van der Waals surface area contributed by atoms with E-state index < -0.39 is 23.2 Å². The van der Waals surface area contributed by atoms with Gasteiger partial charge in [-0.25, -0.2) is 4.79 Å². The van der Waals surface area contributed by atoms with Crippen molar-refractivity contribution in [1.29, 1.82) is 0 Å². The number of halogens is 1. The van der Waals surface area contributed by atoms with Crippen LogP contribution in [0.2, 0.25) is 5.02 Å². The van der Waals surface area contributed by atoms with Gasteiger partial charge in [0.1, 0.15) is 11.4 Å². The second-order valence-electron chi connectivity index (χ2n) is 6.12. The number of hydrogen-bond donors (Lipinski definition) is 2. The molecule has 7 heteroatoms. The lowest BCUT2D eigenvalue weighted by Crippen LogP contribution is -2.56. The maximum atomic E-state index is 11.9. The molecule has 1 atom stereocenters. The maximum Gasteiger partial charge on any atom is 0.407 e. The third-order valence-corrected chi connectivity index (χ3v) is 3.32. The number of rotatable bonds is 6. The summed E-state index contributed by atoms with van der Waals surface area (Å²) in [5.41, 5.74) is 3.48. The number of alkyl carbamates (subject to hydrolysis) is 1. The van der Waals surface area contributed by atoms with E-state index in [2.05, 4.69) is 5.32 Å². The number of primary amides is 1. The van der Waals surface area contributed by atoms with E-state index in [1.54, 1.807) is 52.0 Å². The van der Waals surface area contributed by atoms with Gasteiger partial charge in [0.15, 0.2) is 0 Å². The minimum atomic E-state index is -1.37. The van der Waals surface area contributed by atoms with E-state index in [0.717, 1.165) is 0 Å². The second-order valence-corrected chi connectivity index (χ2v) is 6.56. The number of benzene rings is 1. The van der Waals surface area contributed by atoms with Crippen LogP contribution in [0.25, 0.3) is 0 Å².